The van der Waals surface area contributed by atoms with Crippen molar-refractivity contribution in [2.24, 2.45) is 0 Å². The standard InChI is InChI=1S/C17H22N4O2.ClH/c22-17(19-10-12-23-15-6-2-1-3-7-15)16-8-11-21(20-16)14-5-4-9-18-13-14;/h1-3,6-8,11,14,18H,4-5,9-10,12-13H2,(H,19,22);1H. The fourth-order valence-electron chi connectivity index (χ4n) is 2.66. The Labute approximate surface area is 148 Å². The van der Waals surface area contributed by atoms with Crippen molar-refractivity contribution in [3.8, 4) is 5.75 Å². The number of hydrogen-bond donors (Lipinski definition) is 2. The molecule has 7 heteroatoms. The van der Waals surface area contributed by atoms with Crippen LogP contribution in [0.1, 0.15) is 29.4 Å². The number of halogens is 1. The van der Waals surface area contributed by atoms with Crippen LogP contribution in [0.3, 0.4) is 0 Å². The Morgan fingerprint density at radius 3 is 2.92 bits per heavy atom. The maximum atomic E-state index is 12.1. The Bertz CT molecular complexity index is 627. The number of carbonyl (C=O) groups is 1. The highest BCUT2D eigenvalue weighted by atomic mass is 35.5. The van der Waals surface area contributed by atoms with E-state index in [0.717, 1.165) is 31.7 Å². The van der Waals surface area contributed by atoms with E-state index in [1.54, 1.807) is 6.07 Å². The first-order valence-corrected chi connectivity index (χ1v) is 8.05. The van der Waals surface area contributed by atoms with E-state index in [2.05, 4.69) is 15.7 Å². The van der Waals surface area contributed by atoms with Gasteiger partial charge in [0.2, 0.25) is 0 Å². The van der Waals surface area contributed by atoms with Crippen LogP contribution in [0.15, 0.2) is 42.6 Å². The lowest BCUT2D eigenvalue weighted by Gasteiger charge is -2.22. The second kappa shape index (κ2) is 9.30. The van der Waals surface area contributed by atoms with Gasteiger partial charge >= 0.3 is 0 Å². The van der Waals surface area contributed by atoms with E-state index in [1.807, 2.05) is 41.2 Å². The monoisotopic (exact) mass is 350 g/mol. The molecular weight excluding hydrogens is 328 g/mol. The number of rotatable bonds is 6. The molecule has 0 spiro atoms. The first-order chi connectivity index (χ1) is 11.3. The molecule has 6 nitrogen and oxygen atoms in total. The number of para-hydroxylation sites is 1. The Balaban J connectivity index is 0.00000208. The lowest BCUT2D eigenvalue weighted by atomic mass is 10.1. The topological polar surface area (TPSA) is 68.2 Å². The Morgan fingerprint density at radius 2 is 2.17 bits per heavy atom. The third-order valence-corrected chi connectivity index (χ3v) is 3.89. The molecule has 2 N–H and O–H groups in total. The van der Waals surface area contributed by atoms with E-state index < -0.39 is 0 Å². The second-order valence-electron chi connectivity index (χ2n) is 5.60. The summed E-state index contributed by atoms with van der Waals surface area (Å²) in [6.07, 6.45) is 4.12. The van der Waals surface area contributed by atoms with Crippen molar-refractivity contribution in [1.82, 2.24) is 20.4 Å². The summed E-state index contributed by atoms with van der Waals surface area (Å²) < 4.78 is 7.43. The van der Waals surface area contributed by atoms with Gasteiger partial charge < -0.3 is 15.4 Å². The molecule has 0 saturated carbocycles. The molecule has 1 aliphatic heterocycles. The summed E-state index contributed by atoms with van der Waals surface area (Å²) in [5.74, 6) is 0.639. The van der Waals surface area contributed by atoms with Crippen molar-refractivity contribution in [2.75, 3.05) is 26.2 Å². The minimum Gasteiger partial charge on any atom is -0.492 e. The van der Waals surface area contributed by atoms with Gasteiger partial charge in [-0.1, -0.05) is 18.2 Å². The van der Waals surface area contributed by atoms with E-state index in [1.165, 1.54) is 0 Å². The second-order valence-corrected chi connectivity index (χ2v) is 5.60. The summed E-state index contributed by atoms with van der Waals surface area (Å²) in [7, 11) is 0. The van der Waals surface area contributed by atoms with Gasteiger partial charge in [-0.3, -0.25) is 9.48 Å². The molecule has 1 fully saturated rings. The van der Waals surface area contributed by atoms with Gasteiger partial charge in [0, 0.05) is 12.7 Å². The largest absolute Gasteiger partial charge is 0.492 e. The van der Waals surface area contributed by atoms with Crippen LogP contribution in [0.5, 0.6) is 5.75 Å². The fraction of sp³-hybridized carbons (Fsp3) is 0.412. The van der Waals surface area contributed by atoms with Gasteiger partial charge in [0.05, 0.1) is 12.6 Å². The number of piperidine rings is 1. The van der Waals surface area contributed by atoms with Crippen LogP contribution >= 0.6 is 12.4 Å². The van der Waals surface area contributed by atoms with Crippen molar-refractivity contribution in [3.05, 3.63) is 48.3 Å². The summed E-state index contributed by atoms with van der Waals surface area (Å²) in [6.45, 7) is 2.86. The van der Waals surface area contributed by atoms with Crippen molar-refractivity contribution in [3.63, 3.8) is 0 Å². The summed E-state index contributed by atoms with van der Waals surface area (Å²) in [5, 5.41) is 10.6. The molecule has 0 radical (unpaired) electrons. The molecule has 1 atom stereocenters. The molecule has 24 heavy (non-hydrogen) atoms. The quantitative estimate of drug-likeness (QED) is 0.782. The van der Waals surface area contributed by atoms with Gasteiger partial charge in [-0.15, -0.1) is 12.4 Å². The number of benzene rings is 1. The van der Waals surface area contributed by atoms with E-state index >= 15 is 0 Å². The van der Waals surface area contributed by atoms with Gasteiger partial charge in [-0.2, -0.15) is 5.10 Å². The lowest BCUT2D eigenvalue weighted by Crippen LogP contribution is -2.32. The third kappa shape index (κ3) is 4.97. The van der Waals surface area contributed by atoms with Crippen LogP contribution in [0.2, 0.25) is 0 Å². The highest BCUT2D eigenvalue weighted by Gasteiger charge is 2.17. The predicted octanol–water partition coefficient (Wildman–Crippen LogP) is 2.04. The molecule has 2 heterocycles. The first kappa shape index (κ1) is 18.3. The van der Waals surface area contributed by atoms with Crippen LogP contribution in [0.25, 0.3) is 0 Å². The molecule has 1 aromatic heterocycles. The highest BCUT2D eigenvalue weighted by molar-refractivity contribution is 5.92. The lowest BCUT2D eigenvalue weighted by molar-refractivity contribution is 0.0940. The van der Waals surface area contributed by atoms with E-state index in [4.69, 9.17) is 4.74 Å². The smallest absolute Gasteiger partial charge is 0.271 e. The number of aromatic nitrogens is 2. The molecule has 2 aromatic rings. The normalized spacial score (nSPS) is 16.9. The predicted molar refractivity (Wildman–Crippen MR) is 94.9 cm³/mol. The molecule has 0 bridgehead atoms. The van der Waals surface area contributed by atoms with E-state index in [0.29, 0.717) is 24.9 Å². The summed E-state index contributed by atoms with van der Waals surface area (Å²) in [4.78, 5) is 12.1. The van der Waals surface area contributed by atoms with Crippen molar-refractivity contribution in [1.29, 1.82) is 0 Å². The number of nitrogens with zero attached hydrogens (tertiary/aromatic N) is 2. The minimum absolute atomic E-state index is 0. The third-order valence-electron chi connectivity index (χ3n) is 3.89. The molecule has 1 saturated heterocycles. The number of carbonyl (C=O) groups excluding carboxylic acids is 1. The SMILES string of the molecule is Cl.O=C(NCCOc1ccccc1)c1ccn(C2CCCNC2)n1. The summed E-state index contributed by atoms with van der Waals surface area (Å²) in [5.41, 5.74) is 0.454. The fourth-order valence-corrected chi connectivity index (χ4v) is 2.66. The minimum atomic E-state index is -0.163. The van der Waals surface area contributed by atoms with E-state index in [-0.39, 0.29) is 18.3 Å². The summed E-state index contributed by atoms with van der Waals surface area (Å²) in [6, 6.07) is 11.7. The van der Waals surface area contributed by atoms with Crippen molar-refractivity contribution >= 4 is 18.3 Å². The Morgan fingerprint density at radius 1 is 1.33 bits per heavy atom. The van der Waals surface area contributed by atoms with Crippen LogP contribution in [0.4, 0.5) is 0 Å². The first-order valence-electron chi connectivity index (χ1n) is 8.05. The van der Waals surface area contributed by atoms with Crippen molar-refractivity contribution in [2.45, 2.75) is 18.9 Å². The van der Waals surface area contributed by atoms with Gasteiger partial charge in [0.15, 0.2) is 0 Å². The molecule has 3 rings (SSSR count). The zero-order valence-electron chi connectivity index (χ0n) is 13.5. The molecular formula is C17H23ClN4O2. The van der Waals surface area contributed by atoms with E-state index in [9.17, 15) is 4.79 Å². The van der Waals surface area contributed by atoms with Crippen LogP contribution in [-0.2, 0) is 0 Å². The number of ether oxygens (including phenoxy) is 1. The molecule has 1 unspecified atom stereocenters. The molecule has 1 aliphatic rings. The van der Waals surface area contributed by atoms with Gasteiger partial charge in [0.25, 0.3) is 5.91 Å². The number of amides is 1. The highest BCUT2D eigenvalue weighted by Crippen LogP contribution is 2.15. The maximum Gasteiger partial charge on any atom is 0.271 e. The maximum absolute atomic E-state index is 12.1. The molecule has 130 valence electrons. The van der Waals surface area contributed by atoms with Gasteiger partial charge in [-0.05, 0) is 37.6 Å². The number of hydrogen-bond acceptors (Lipinski definition) is 4. The number of nitrogens with one attached hydrogen (secondary N) is 2. The zero-order valence-corrected chi connectivity index (χ0v) is 14.3. The van der Waals surface area contributed by atoms with Crippen molar-refractivity contribution < 1.29 is 9.53 Å². The zero-order chi connectivity index (χ0) is 15.9. The van der Waals surface area contributed by atoms with Crippen LogP contribution in [-0.4, -0.2) is 41.9 Å². The molecule has 1 aromatic carbocycles. The molecule has 0 aliphatic carbocycles. The molecule has 1 amide bonds. The Kier molecular flexibility index (Phi) is 7.08. The van der Waals surface area contributed by atoms with Gasteiger partial charge in [0.1, 0.15) is 18.1 Å². The summed E-state index contributed by atoms with van der Waals surface area (Å²) >= 11 is 0. The average Bonchev–Trinajstić information content (AvgIpc) is 3.10. The van der Waals surface area contributed by atoms with Crippen LogP contribution in [0, 0.1) is 0 Å². The van der Waals surface area contributed by atoms with Crippen LogP contribution < -0.4 is 15.4 Å². The average molecular weight is 351 g/mol. The van der Waals surface area contributed by atoms with Gasteiger partial charge in [-0.25, -0.2) is 0 Å². The Hall–Kier alpha value is -2.05.